The van der Waals surface area contributed by atoms with E-state index < -0.39 is 0 Å². The molecule has 0 aliphatic carbocycles. The fourth-order valence-electron chi connectivity index (χ4n) is 1.26. The van der Waals surface area contributed by atoms with Gasteiger partial charge in [-0.15, -0.1) is 5.92 Å². The van der Waals surface area contributed by atoms with Crippen LogP contribution in [-0.4, -0.2) is 0 Å². The molecule has 0 saturated heterocycles. The Balaban J connectivity index is 2.49. The van der Waals surface area contributed by atoms with Crippen molar-refractivity contribution in [2.24, 2.45) is 0 Å². The van der Waals surface area contributed by atoms with Crippen molar-refractivity contribution in [3.63, 3.8) is 0 Å². The first-order valence-electron chi connectivity index (χ1n) is 4.17. The Morgan fingerprint density at radius 2 is 2.23 bits per heavy atom. The fourth-order valence-corrected chi connectivity index (χ4v) is 2.15. The Morgan fingerprint density at radius 1 is 1.38 bits per heavy atom. The van der Waals surface area contributed by atoms with Gasteiger partial charge in [-0.1, -0.05) is 23.5 Å². The lowest BCUT2D eigenvalue weighted by Gasteiger charge is -1.85. The van der Waals surface area contributed by atoms with E-state index in [1.807, 2.05) is 6.92 Å². The maximum Gasteiger partial charge on any atom is 0.226 e. The number of thiazole rings is 1. The third kappa shape index (κ3) is 1.56. The van der Waals surface area contributed by atoms with Crippen molar-refractivity contribution >= 4 is 21.6 Å². The largest absolute Gasteiger partial charge is 0.226 e. The molecule has 0 aliphatic heterocycles. The number of fused-ring (bicyclic) bond motifs is 1. The van der Waals surface area contributed by atoms with E-state index in [0.29, 0.717) is 0 Å². The van der Waals surface area contributed by atoms with Crippen molar-refractivity contribution in [2.45, 2.75) is 13.5 Å². The Hall–Kier alpha value is -1.33. The van der Waals surface area contributed by atoms with Crippen LogP contribution in [0.4, 0.5) is 0 Å². The normalized spacial score (nSPS) is 9.62. The molecule has 0 atom stereocenters. The van der Waals surface area contributed by atoms with Gasteiger partial charge in [-0.05, 0) is 18.9 Å². The standard InChI is InChI=1S/C11H10NS/c1-2-3-8-12-9-13-11-7-5-4-6-10(11)12/h4-7,9H,8H2,1H3/q+1. The van der Waals surface area contributed by atoms with Crippen molar-refractivity contribution < 1.29 is 4.57 Å². The molecule has 0 saturated carbocycles. The zero-order valence-electron chi connectivity index (χ0n) is 7.45. The minimum atomic E-state index is 0.792. The Labute approximate surface area is 81.6 Å². The fraction of sp³-hybridized carbons (Fsp3) is 0.182. The number of rotatable bonds is 1. The summed E-state index contributed by atoms with van der Waals surface area (Å²) in [5.74, 6) is 5.97. The molecule has 0 aliphatic rings. The van der Waals surface area contributed by atoms with E-state index in [1.54, 1.807) is 11.3 Å². The van der Waals surface area contributed by atoms with Gasteiger partial charge < -0.3 is 0 Å². The molecule has 1 heterocycles. The van der Waals surface area contributed by atoms with Crippen molar-refractivity contribution in [3.05, 3.63) is 29.8 Å². The summed E-state index contributed by atoms with van der Waals surface area (Å²) in [7, 11) is 0. The van der Waals surface area contributed by atoms with E-state index in [0.717, 1.165) is 6.54 Å². The Kier molecular flexibility index (Phi) is 2.29. The molecular weight excluding hydrogens is 178 g/mol. The van der Waals surface area contributed by atoms with Crippen LogP contribution >= 0.6 is 11.3 Å². The number of aromatic nitrogens is 1. The lowest BCUT2D eigenvalue weighted by molar-refractivity contribution is -0.654. The number of hydrogen-bond acceptors (Lipinski definition) is 1. The van der Waals surface area contributed by atoms with Crippen LogP contribution in [0.2, 0.25) is 0 Å². The van der Waals surface area contributed by atoms with Crippen LogP contribution in [0.15, 0.2) is 29.8 Å². The predicted molar refractivity (Wildman–Crippen MR) is 55.5 cm³/mol. The molecular formula is C11H10NS+. The molecule has 64 valence electrons. The summed E-state index contributed by atoms with van der Waals surface area (Å²) in [4.78, 5) is 0. The molecule has 1 nitrogen and oxygen atoms in total. The van der Waals surface area contributed by atoms with Gasteiger partial charge in [0.25, 0.3) is 0 Å². The average molecular weight is 188 g/mol. The monoisotopic (exact) mass is 188 g/mol. The zero-order chi connectivity index (χ0) is 9.10. The number of nitrogens with zero attached hydrogens (tertiary/aromatic N) is 1. The first-order chi connectivity index (χ1) is 6.42. The highest BCUT2D eigenvalue weighted by atomic mass is 32.1. The van der Waals surface area contributed by atoms with Crippen molar-refractivity contribution in [2.75, 3.05) is 0 Å². The maximum atomic E-state index is 3.06. The minimum Gasteiger partial charge on any atom is -0.177 e. The molecule has 2 heteroatoms. The summed E-state index contributed by atoms with van der Waals surface area (Å²) >= 11 is 1.76. The third-order valence-corrected chi connectivity index (χ3v) is 2.87. The van der Waals surface area contributed by atoms with Gasteiger partial charge in [0.15, 0.2) is 0 Å². The van der Waals surface area contributed by atoms with E-state index in [1.165, 1.54) is 10.2 Å². The van der Waals surface area contributed by atoms with Gasteiger partial charge >= 0.3 is 0 Å². The molecule has 1 aromatic carbocycles. The molecule has 1 aromatic heterocycles. The average Bonchev–Trinajstić information content (AvgIpc) is 2.58. The Morgan fingerprint density at radius 3 is 3.08 bits per heavy atom. The van der Waals surface area contributed by atoms with Crippen molar-refractivity contribution in [1.29, 1.82) is 0 Å². The summed E-state index contributed by atoms with van der Waals surface area (Å²) in [6.07, 6.45) is 0. The molecule has 2 rings (SSSR count). The Bertz CT molecular complexity index is 473. The summed E-state index contributed by atoms with van der Waals surface area (Å²) in [5, 5.41) is 0. The van der Waals surface area contributed by atoms with Crippen molar-refractivity contribution in [1.82, 2.24) is 0 Å². The van der Waals surface area contributed by atoms with Crippen LogP contribution in [0.25, 0.3) is 10.2 Å². The minimum absolute atomic E-state index is 0.792. The first-order valence-corrected chi connectivity index (χ1v) is 5.05. The molecule has 0 amide bonds. The zero-order valence-corrected chi connectivity index (χ0v) is 8.27. The first kappa shape index (κ1) is 8.28. The molecule has 0 N–H and O–H groups in total. The van der Waals surface area contributed by atoms with E-state index >= 15 is 0 Å². The molecule has 2 aromatic rings. The van der Waals surface area contributed by atoms with Crippen LogP contribution < -0.4 is 4.57 Å². The molecule has 0 unspecified atom stereocenters. The van der Waals surface area contributed by atoms with Crippen molar-refractivity contribution in [3.8, 4) is 11.8 Å². The number of hydrogen-bond donors (Lipinski definition) is 0. The van der Waals surface area contributed by atoms with Gasteiger partial charge in [0.1, 0.15) is 4.70 Å². The second kappa shape index (κ2) is 3.59. The van der Waals surface area contributed by atoms with Gasteiger partial charge in [-0.3, -0.25) is 0 Å². The van der Waals surface area contributed by atoms with Crippen LogP contribution in [0, 0.1) is 11.8 Å². The van der Waals surface area contributed by atoms with Crippen LogP contribution in [0.3, 0.4) is 0 Å². The molecule has 0 spiro atoms. The maximum absolute atomic E-state index is 3.06. The SMILES string of the molecule is CC#CC[n+]1csc2ccccc21. The lowest BCUT2D eigenvalue weighted by Crippen LogP contribution is -2.30. The third-order valence-electron chi connectivity index (χ3n) is 1.91. The molecule has 0 fully saturated rings. The van der Waals surface area contributed by atoms with Gasteiger partial charge in [-0.2, -0.15) is 4.57 Å². The number of benzene rings is 1. The highest BCUT2D eigenvalue weighted by Crippen LogP contribution is 2.14. The summed E-state index contributed by atoms with van der Waals surface area (Å²) in [5.41, 5.74) is 3.39. The molecule has 0 bridgehead atoms. The number of para-hydroxylation sites is 1. The van der Waals surface area contributed by atoms with Crippen LogP contribution in [-0.2, 0) is 6.54 Å². The highest BCUT2D eigenvalue weighted by Gasteiger charge is 2.07. The van der Waals surface area contributed by atoms with E-state index in [4.69, 9.17) is 0 Å². The smallest absolute Gasteiger partial charge is 0.177 e. The summed E-state index contributed by atoms with van der Waals surface area (Å²) in [6.45, 7) is 2.66. The second-order valence-electron chi connectivity index (χ2n) is 2.75. The topological polar surface area (TPSA) is 3.88 Å². The lowest BCUT2D eigenvalue weighted by atomic mass is 10.3. The van der Waals surface area contributed by atoms with Crippen LogP contribution in [0.1, 0.15) is 6.92 Å². The van der Waals surface area contributed by atoms with Gasteiger partial charge in [-0.25, -0.2) is 0 Å². The molecule has 13 heavy (non-hydrogen) atoms. The molecule has 0 radical (unpaired) electrons. The van der Waals surface area contributed by atoms with Gasteiger partial charge in [0.05, 0.1) is 0 Å². The van der Waals surface area contributed by atoms with E-state index in [-0.39, 0.29) is 0 Å². The summed E-state index contributed by atoms with van der Waals surface area (Å²) < 4.78 is 3.50. The second-order valence-corrected chi connectivity index (χ2v) is 3.63. The van der Waals surface area contributed by atoms with E-state index in [9.17, 15) is 0 Å². The van der Waals surface area contributed by atoms with Gasteiger partial charge in [0.2, 0.25) is 17.6 Å². The quantitative estimate of drug-likeness (QED) is 0.477. The highest BCUT2D eigenvalue weighted by molar-refractivity contribution is 7.16. The predicted octanol–water partition coefficient (Wildman–Crippen LogP) is 2.21. The van der Waals surface area contributed by atoms with Gasteiger partial charge in [0, 0.05) is 6.07 Å². The van der Waals surface area contributed by atoms with E-state index in [2.05, 4.69) is 46.2 Å². The van der Waals surface area contributed by atoms with Crippen LogP contribution in [0.5, 0.6) is 0 Å². The summed E-state index contributed by atoms with van der Waals surface area (Å²) in [6, 6.07) is 8.39.